The topological polar surface area (TPSA) is 173 Å². The van der Waals surface area contributed by atoms with E-state index < -0.39 is 34.1 Å². The zero-order chi connectivity index (χ0) is 10.7. The maximum atomic E-state index is 8.67. The van der Waals surface area contributed by atoms with E-state index in [2.05, 4.69) is 0 Å². The van der Waals surface area contributed by atoms with E-state index in [4.69, 9.17) is 39.9 Å². The lowest BCUT2D eigenvalue weighted by molar-refractivity contribution is 0.452. The molecule has 0 unspecified atom stereocenters. The minimum atomic E-state index is -2.61. The van der Waals surface area contributed by atoms with Crippen molar-refractivity contribution in [2.24, 2.45) is 0 Å². The number of rotatable bonds is 0. The molecule has 0 aromatic rings. The zero-order valence-electron chi connectivity index (χ0n) is 5.71. The van der Waals surface area contributed by atoms with Gasteiger partial charge in [0.25, 0.3) is 34.1 Å². The van der Waals surface area contributed by atoms with E-state index in [-0.39, 0.29) is 8.41 Å². The van der Waals surface area contributed by atoms with Crippen LogP contribution in [0.1, 0.15) is 0 Å². The molecule has 0 rings (SSSR count). The van der Waals surface area contributed by atoms with Crippen LogP contribution >= 0.6 is 0 Å². The van der Waals surface area contributed by atoms with Crippen molar-refractivity contribution in [1.29, 1.82) is 0 Å². The Bertz CT molecular complexity index is 112. The molecule has 0 fully saturated rings. The van der Waals surface area contributed by atoms with Gasteiger partial charge in [0, 0.05) is 8.41 Å². The van der Waals surface area contributed by atoms with Gasteiger partial charge in [-0.25, -0.2) is 0 Å². The second-order valence-corrected chi connectivity index (χ2v) is 2.08. The molecule has 0 saturated carbocycles. The van der Waals surface area contributed by atoms with Gasteiger partial charge in [0.1, 0.15) is 0 Å². The van der Waals surface area contributed by atoms with Crippen LogP contribution in [0, 0.1) is 0 Å². The van der Waals surface area contributed by atoms with Crippen molar-refractivity contribution in [3.05, 3.63) is 0 Å². The molecule has 13 heteroatoms. The van der Waals surface area contributed by atoms with Crippen molar-refractivity contribution in [3.8, 4) is 0 Å². The fourth-order valence-electron chi connectivity index (χ4n) is 0. The third-order valence-electron chi connectivity index (χ3n) is 0. The Morgan fingerprint density at radius 1 is 0.538 bits per heavy atom. The fourth-order valence-corrected chi connectivity index (χ4v) is 0. The Morgan fingerprint density at radius 2 is 0.538 bits per heavy atom. The summed E-state index contributed by atoms with van der Waals surface area (Å²) in [5.74, 6) is 0. The van der Waals surface area contributed by atoms with Crippen LogP contribution in [0.2, 0.25) is 0 Å². The molecule has 0 aromatic carbocycles. The Kier molecular flexibility index (Phi) is 32.4. The van der Waals surface area contributed by atoms with Crippen molar-refractivity contribution >= 4 is 42.5 Å². The molecule has 0 saturated heterocycles. The lowest BCUT2D eigenvalue weighted by Gasteiger charge is -1.59. The van der Waals surface area contributed by atoms with E-state index >= 15 is 0 Å². The molecule has 81 valence electrons. The first kappa shape index (κ1) is 23.3. The van der Waals surface area contributed by atoms with Crippen molar-refractivity contribution in [2.45, 2.75) is 0 Å². The van der Waals surface area contributed by atoms with E-state index in [0.29, 0.717) is 0 Å². The van der Waals surface area contributed by atoms with Gasteiger partial charge < -0.3 is 0 Å². The lowest BCUT2D eigenvalue weighted by Crippen LogP contribution is -1.74. The summed E-state index contributed by atoms with van der Waals surface area (Å²) in [6.45, 7) is 0. The predicted octanol–water partition coefficient (Wildman–Crippen LogP) is -1.34. The SMILES string of the molecule is O=S(O)O.O=S(O)O.O=S(O)O.[B]. The maximum absolute atomic E-state index is 8.67. The summed E-state index contributed by atoms with van der Waals surface area (Å²) in [5.41, 5.74) is 0. The van der Waals surface area contributed by atoms with Gasteiger partial charge in [-0.15, -0.1) is 0 Å². The fraction of sp³-hybridized carbons (Fsp3) is 0. The second kappa shape index (κ2) is 18.1. The van der Waals surface area contributed by atoms with Crippen molar-refractivity contribution < 1.29 is 39.9 Å². The minimum Gasteiger partial charge on any atom is -0.284 e. The average Bonchev–Trinajstić information content (AvgIpc) is 1.54. The van der Waals surface area contributed by atoms with Gasteiger partial charge in [0.15, 0.2) is 0 Å². The third-order valence-corrected chi connectivity index (χ3v) is 0. The highest BCUT2D eigenvalue weighted by molar-refractivity contribution is 7.73. The molecule has 0 aliphatic carbocycles. The standard InChI is InChI=1S/B.3H2O3S/c;3*1-4(2)3/h;3*(H2,1,2,3). The largest absolute Gasteiger partial charge is 0.299 e. The molecule has 0 aliphatic heterocycles. The van der Waals surface area contributed by atoms with Crippen LogP contribution in [0.4, 0.5) is 0 Å². The minimum absolute atomic E-state index is 0. The first-order valence-electron chi connectivity index (χ1n) is 1.60. The molecule has 0 aliphatic rings. The van der Waals surface area contributed by atoms with Crippen LogP contribution in [0.25, 0.3) is 0 Å². The smallest absolute Gasteiger partial charge is 0.284 e. The van der Waals surface area contributed by atoms with Crippen molar-refractivity contribution in [3.63, 3.8) is 0 Å². The van der Waals surface area contributed by atoms with Crippen LogP contribution in [-0.2, 0) is 34.1 Å². The van der Waals surface area contributed by atoms with Gasteiger partial charge in [0.05, 0.1) is 0 Å². The number of hydrogen-bond acceptors (Lipinski definition) is 3. The Balaban J connectivity index is -0.0000000450. The molecule has 0 heterocycles. The highest BCUT2D eigenvalue weighted by atomic mass is 32.2. The summed E-state index contributed by atoms with van der Waals surface area (Å²) < 4.78 is 68.5. The second-order valence-electron chi connectivity index (χ2n) is 0.692. The monoisotopic (exact) mass is 257 g/mol. The lowest BCUT2D eigenvalue weighted by atomic mass is 10.8. The molecule has 9 nitrogen and oxygen atoms in total. The molecule has 3 radical (unpaired) electrons. The van der Waals surface area contributed by atoms with E-state index in [1.807, 2.05) is 0 Å². The van der Waals surface area contributed by atoms with Gasteiger partial charge in [0.2, 0.25) is 0 Å². The highest BCUT2D eigenvalue weighted by Crippen LogP contribution is 1.45. The summed E-state index contributed by atoms with van der Waals surface area (Å²) in [6, 6.07) is 0. The van der Waals surface area contributed by atoms with Crippen LogP contribution in [-0.4, -0.2) is 48.4 Å². The quantitative estimate of drug-likeness (QED) is 0.227. The molecular weight excluding hydrogens is 251 g/mol. The summed E-state index contributed by atoms with van der Waals surface area (Å²) in [7, 11) is 0. The van der Waals surface area contributed by atoms with Crippen LogP contribution in [0.15, 0.2) is 0 Å². The summed E-state index contributed by atoms with van der Waals surface area (Å²) in [6.07, 6.45) is 0. The van der Waals surface area contributed by atoms with E-state index in [0.717, 1.165) is 0 Å². The summed E-state index contributed by atoms with van der Waals surface area (Å²) in [4.78, 5) is 0. The van der Waals surface area contributed by atoms with E-state index in [9.17, 15) is 0 Å². The Labute approximate surface area is 82.9 Å². The highest BCUT2D eigenvalue weighted by Gasteiger charge is 1.63. The maximum Gasteiger partial charge on any atom is 0.299 e. The molecule has 6 N–H and O–H groups in total. The normalized spacial score (nSPS) is 8.08. The summed E-state index contributed by atoms with van der Waals surface area (Å²) >= 11 is -7.83. The third kappa shape index (κ3) is 17100. The van der Waals surface area contributed by atoms with Gasteiger partial charge in [-0.2, -0.15) is 12.6 Å². The molecule has 0 bridgehead atoms. The van der Waals surface area contributed by atoms with Gasteiger partial charge in [-0.3, -0.25) is 27.3 Å². The van der Waals surface area contributed by atoms with Gasteiger partial charge >= 0.3 is 0 Å². The molecule has 13 heavy (non-hydrogen) atoms. The molecular formula is H6BO9S3. The first-order chi connectivity index (χ1) is 5.20. The van der Waals surface area contributed by atoms with Crippen molar-refractivity contribution in [2.75, 3.05) is 0 Å². The van der Waals surface area contributed by atoms with E-state index in [1.165, 1.54) is 0 Å². The Hall–Kier alpha value is 0.275. The molecule has 0 spiro atoms. The average molecular weight is 257 g/mol. The predicted molar refractivity (Wildman–Crippen MR) is 46.0 cm³/mol. The summed E-state index contributed by atoms with van der Waals surface area (Å²) in [5, 5.41) is 0. The van der Waals surface area contributed by atoms with Crippen LogP contribution in [0.5, 0.6) is 0 Å². The van der Waals surface area contributed by atoms with Gasteiger partial charge in [-0.1, -0.05) is 0 Å². The van der Waals surface area contributed by atoms with Crippen LogP contribution in [0.3, 0.4) is 0 Å². The molecule has 0 atom stereocenters. The Morgan fingerprint density at radius 3 is 0.538 bits per heavy atom. The first-order valence-corrected chi connectivity index (χ1v) is 4.79. The van der Waals surface area contributed by atoms with Gasteiger partial charge in [-0.05, 0) is 0 Å². The van der Waals surface area contributed by atoms with Crippen molar-refractivity contribution in [1.82, 2.24) is 0 Å². The van der Waals surface area contributed by atoms with E-state index in [1.54, 1.807) is 0 Å². The van der Waals surface area contributed by atoms with Crippen LogP contribution < -0.4 is 0 Å². The zero-order valence-corrected chi connectivity index (χ0v) is 8.16. The number of hydrogen-bond donors (Lipinski definition) is 6. The molecule has 0 aromatic heterocycles. The molecule has 0 amide bonds.